The van der Waals surface area contributed by atoms with Gasteiger partial charge >= 0.3 is 18.4 Å². The van der Waals surface area contributed by atoms with Gasteiger partial charge in [-0.15, -0.1) is 0 Å². The lowest BCUT2D eigenvalue weighted by Gasteiger charge is -2.33. The largest absolute Gasteiger partial charge is 0.493 e. The molecule has 1 unspecified atom stereocenters. The van der Waals surface area contributed by atoms with E-state index in [0.717, 1.165) is 4.90 Å². The molecule has 262 valence electrons. The average molecular weight is 693 g/mol. The Kier molecular flexibility index (Phi) is 9.91. The molecule has 0 saturated carbocycles. The predicted octanol–water partition coefficient (Wildman–Crippen LogP) is 7.48. The third-order valence-electron chi connectivity index (χ3n) is 8.45. The minimum atomic E-state index is -6.06. The molecular formula is C35H34F6N2O6. The second-order valence-corrected chi connectivity index (χ2v) is 11.9. The van der Waals surface area contributed by atoms with Gasteiger partial charge in [0.05, 0.1) is 6.61 Å². The maximum Gasteiger partial charge on any atom is 0.430 e. The zero-order chi connectivity index (χ0) is 35.6. The van der Waals surface area contributed by atoms with Crippen LogP contribution in [0.5, 0.6) is 17.2 Å². The zero-order valence-corrected chi connectivity index (χ0v) is 26.6. The van der Waals surface area contributed by atoms with E-state index in [4.69, 9.17) is 14.2 Å². The first-order valence-corrected chi connectivity index (χ1v) is 15.5. The number of urea groups is 1. The predicted molar refractivity (Wildman–Crippen MR) is 167 cm³/mol. The molecule has 1 saturated heterocycles. The van der Waals surface area contributed by atoms with Gasteiger partial charge in [0.2, 0.25) is 6.79 Å². The SMILES string of the molecule is CCCc1cc(C(O)(C(F)(F)F)C(F)(F)F)cc(C=Cc2ccccc2)c1OCCCCN1C(=O)NC(C)(c2ccc3c(c2)OCO3)C1=O. The Morgan fingerprint density at radius 2 is 1.63 bits per heavy atom. The standard InChI is InChI=1S/C35H34F6N2O6/c1-3-9-23-18-26(33(46,34(36,37)38)35(39,40)41)19-24(13-12-22-10-5-4-6-11-22)29(23)47-17-8-7-16-43-30(44)32(2,42-31(43)45)25-14-15-27-28(20-25)49-21-48-27/h4-6,10-15,18-20,46H,3,7-9,16-17,21H2,1-2H3,(H,42,45). The molecule has 2 N–H and O–H groups in total. The summed E-state index contributed by atoms with van der Waals surface area (Å²) in [6.45, 7) is 3.32. The van der Waals surface area contributed by atoms with E-state index in [0.29, 0.717) is 41.2 Å². The van der Waals surface area contributed by atoms with Crippen LogP contribution in [0.3, 0.4) is 0 Å². The highest BCUT2D eigenvalue weighted by molar-refractivity contribution is 6.07. The molecule has 2 aliphatic heterocycles. The molecule has 49 heavy (non-hydrogen) atoms. The number of aliphatic hydroxyl groups is 1. The van der Waals surface area contributed by atoms with E-state index in [1.807, 2.05) is 0 Å². The molecule has 0 spiro atoms. The van der Waals surface area contributed by atoms with Crippen molar-refractivity contribution >= 4 is 24.1 Å². The van der Waals surface area contributed by atoms with E-state index in [2.05, 4.69) is 5.32 Å². The summed E-state index contributed by atoms with van der Waals surface area (Å²) in [5, 5.41) is 12.9. The van der Waals surface area contributed by atoms with Crippen LogP contribution in [0.2, 0.25) is 0 Å². The number of halogens is 6. The summed E-state index contributed by atoms with van der Waals surface area (Å²) in [6.07, 6.45) is -8.29. The van der Waals surface area contributed by atoms with Gasteiger partial charge in [-0.25, -0.2) is 4.79 Å². The highest BCUT2D eigenvalue weighted by Gasteiger charge is 2.71. The van der Waals surface area contributed by atoms with Crippen LogP contribution in [0, 0.1) is 0 Å². The molecule has 0 aromatic heterocycles. The Balaban J connectivity index is 1.35. The number of unbranched alkanes of at least 4 members (excludes halogenated alkanes) is 1. The number of benzene rings is 3. The molecule has 1 fully saturated rings. The van der Waals surface area contributed by atoms with E-state index in [-0.39, 0.29) is 56.1 Å². The smallest absolute Gasteiger partial charge is 0.430 e. The van der Waals surface area contributed by atoms with Crippen LogP contribution in [0.1, 0.15) is 60.9 Å². The fourth-order valence-corrected chi connectivity index (χ4v) is 5.76. The van der Waals surface area contributed by atoms with Crippen LogP contribution in [-0.2, 0) is 22.4 Å². The molecule has 2 aliphatic rings. The summed E-state index contributed by atoms with van der Waals surface area (Å²) in [7, 11) is 0. The van der Waals surface area contributed by atoms with Crippen LogP contribution in [0.15, 0.2) is 60.7 Å². The Bertz CT molecular complexity index is 1710. The molecule has 3 aromatic carbocycles. The minimum Gasteiger partial charge on any atom is -0.493 e. The Labute approximate surface area is 278 Å². The number of ether oxygens (including phenoxy) is 3. The summed E-state index contributed by atoms with van der Waals surface area (Å²) < 4.78 is 99.9. The van der Waals surface area contributed by atoms with Crippen molar-refractivity contribution in [2.75, 3.05) is 19.9 Å². The van der Waals surface area contributed by atoms with Crippen molar-refractivity contribution in [2.45, 2.75) is 63.0 Å². The number of hydrogen-bond donors (Lipinski definition) is 2. The van der Waals surface area contributed by atoms with Gasteiger partial charge in [-0.3, -0.25) is 9.69 Å². The summed E-state index contributed by atoms with van der Waals surface area (Å²) in [5.74, 6) is 0.558. The molecule has 5 rings (SSSR count). The summed E-state index contributed by atoms with van der Waals surface area (Å²) in [4.78, 5) is 27.3. The maximum atomic E-state index is 13.9. The number of fused-ring (bicyclic) bond motifs is 1. The van der Waals surface area contributed by atoms with Gasteiger partial charge in [0.1, 0.15) is 11.3 Å². The number of aryl methyl sites for hydroxylation is 1. The Hall–Kier alpha value is -4.72. The molecule has 8 nitrogen and oxygen atoms in total. The average Bonchev–Trinajstić information content (AvgIpc) is 3.61. The van der Waals surface area contributed by atoms with Crippen molar-refractivity contribution < 1.29 is 55.2 Å². The molecule has 0 radical (unpaired) electrons. The molecule has 3 amide bonds. The zero-order valence-electron chi connectivity index (χ0n) is 26.6. The van der Waals surface area contributed by atoms with Gasteiger partial charge in [0, 0.05) is 17.7 Å². The highest BCUT2D eigenvalue weighted by atomic mass is 19.4. The van der Waals surface area contributed by atoms with Crippen LogP contribution < -0.4 is 19.5 Å². The number of imide groups is 1. The van der Waals surface area contributed by atoms with Gasteiger partial charge in [-0.1, -0.05) is 61.9 Å². The molecule has 0 aliphatic carbocycles. The number of nitrogens with one attached hydrogen (secondary N) is 1. The number of rotatable bonds is 12. The van der Waals surface area contributed by atoms with E-state index >= 15 is 0 Å². The molecule has 1 atom stereocenters. The van der Waals surface area contributed by atoms with Crippen molar-refractivity contribution in [3.63, 3.8) is 0 Å². The Morgan fingerprint density at radius 1 is 0.939 bits per heavy atom. The van der Waals surface area contributed by atoms with Gasteiger partial charge in [0.25, 0.3) is 11.5 Å². The first-order valence-electron chi connectivity index (χ1n) is 15.5. The first kappa shape index (κ1) is 35.6. The van der Waals surface area contributed by atoms with Crippen molar-refractivity contribution in [1.82, 2.24) is 10.2 Å². The minimum absolute atomic E-state index is 0.0277. The fourth-order valence-electron chi connectivity index (χ4n) is 5.76. The van der Waals surface area contributed by atoms with Crippen LogP contribution in [0.4, 0.5) is 31.1 Å². The van der Waals surface area contributed by atoms with E-state index in [9.17, 15) is 41.0 Å². The van der Waals surface area contributed by atoms with Gasteiger partial charge in [0.15, 0.2) is 11.5 Å². The monoisotopic (exact) mass is 692 g/mol. The number of alkyl halides is 6. The molecule has 3 aromatic rings. The number of carbonyl (C=O) groups is 2. The molecule has 14 heteroatoms. The van der Waals surface area contributed by atoms with Crippen LogP contribution >= 0.6 is 0 Å². The van der Waals surface area contributed by atoms with Crippen molar-refractivity contribution in [2.24, 2.45) is 0 Å². The van der Waals surface area contributed by atoms with Crippen LogP contribution in [0.25, 0.3) is 12.2 Å². The van der Waals surface area contributed by atoms with Crippen LogP contribution in [-0.4, -0.2) is 54.2 Å². The summed E-state index contributed by atoms with van der Waals surface area (Å²) in [6, 6.07) is 14.2. The lowest BCUT2D eigenvalue weighted by molar-refractivity contribution is -0.376. The normalized spacial score (nSPS) is 18.0. The maximum absolute atomic E-state index is 13.9. The number of nitrogens with zero attached hydrogens (tertiary/aromatic N) is 1. The van der Waals surface area contributed by atoms with Crippen molar-refractivity contribution in [1.29, 1.82) is 0 Å². The van der Waals surface area contributed by atoms with Crippen molar-refractivity contribution in [3.8, 4) is 17.2 Å². The number of hydrogen-bond acceptors (Lipinski definition) is 6. The van der Waals surface area contributed by atoms with Crippen molar-refractivity contribution in [3.05, 3.63) is 88.5 Å². The van der Waals surface area contributed by atoms with Gasteiger partial charge in [-0.2, -0.15) is 26.3 Å². The quantitative estimate of drug-likeness (QED) is 0.0885. The van der Waals surface area contributed by atoms with E-state index < -0.39 is 41.0 Å². The highest BCUT2D eigenvalue weighted by Crippen LogP contribution is 2.51. The molecular weight excluding hydrogens is 658 g/mol. The number of carbonyl (C=O) groups excluding carboxylic acids is 2. The van der Waals surface area contributed by atoms with E-state index in [1.165, 1.54) is 12.2 Å². The summed E-state index contributed by atoms with van der Waals surface area (Å²) in [5.41, 5.74) is -6.75. The Morgan fingerprint density at radius 3 is 2.31 bits per heavy atom. The second kappa shape index (κ2) is 13.7. The van der Waals surface area contributed by atoms with Gasteiger partial charge in [-0.05, 0) is 67.1 Å². The lowest BCUT2D eigenvalue weighted by atomic mass is 9.87. The molecule has 2 heterocycles. The second-order valence-electron chi connectivity index (χ2n) is 11.9. The summed E-state index contributed by atoms with van der Waals surface area (Å²) >= 11 is 0. The first-order chi connectivity index (χ1) is 23.1. The van der Waals surface area contributed by atoms with E-state index in [1.54, 1.807) is 62.4 Å². The fraction of sp³-hybridized carbons (Fsp3) is 0.371. The number of amides is 3. The third kappa shape index (κ3) is 6.91. The topological polar surface area (TPSA) is 97.3 Å². The molecule has 0 bridgehead atoms. The van der Waals surface area contributed by atoms with Gasteiger partial charge < -0.3 is 24.6 Å². The third-order valence-corrected chi connectivity index (χ3v) is 8.45. The lowest BCUT2D eigenvalue weighted by Crippen LogP contribution is -2.54.